The van der Waals surface area contributed by atoms with E-state index in [1.807, 2.05) is 0 Å². The Morgan fingerprint density at radius 1 is 1.15 bits per heavy atom. The van der Waals surface area contributed by atoms with Crippen molar-refractivity contribution in [3.63, 3.8) is 0 Å². The molecule has 2 rings (SSSR count). The maximum atomic E-state index is 5.71. The van der Waals surface area contributed by atoms with Crippen LogP contribution in [0.15, 0.2) is 4.42 Å². The third-order valence-electron chi connectivity index (χ3n) is 3.63. The van der Waals surface area contributed by atoms with Crippen molar-refractivity contribution in [3.05, 3.63) is 11.8 Å². The number of rotatable bonds is 9. The summed E-state index contributed by atoms with van der Waals surface area (Å²) in [5.74, 6) is 1.53. The number of hydrogen-bond acceptors (Lipinski definition) is 5. The van der Waals surface area contributed by atoms with Crippen LogP contribution in [0.3, 0.4) is 0 Å². The van der Waals surface area contributed by atoms with Crippen molar-refractivity contribution in [2.45, 2.75) is 64.4 Å². The molecule has 1 saturated heterocycles. The average Bonchev–Trinajstić information content (AvgIpc) is 2.94. The van der Waals surface area contributed by atoms with Crippen LogP contribution in [-0.4, -0.2) is 36.0 Å². The van der Waals surface area contributed by atoms with Gasteiger partial charge in [-0.05, 0) is 51.6 Å². The predicted octanol–water partition coefficient (Wildman–Crippen LogP) is 2.50. The van der Waals surface area contributed by atoms with Gasteiger partial charge in [0.25, 0.3) is 0 Å². The van der Waals surface area contributed by atoms with Crippen LogP contribution >= 0.6 is 0 Å². The molecule has 2 heterocycles. The van der Waals surface area contributed by atoms with Gasteiger partial charge < -0.3 is 14.5 Å². The van der Waals surface area contributed by atoms with Crippen LogP contribution in [0.4, 0.5) is 0 Å². The Labute approximate surface area is 121 Å². The third-order valence-corrected chi connectivity index (χ3v) is 3.63. The van der Waals surface area contributed by atoms with Crippen LogP contribution < -0.4 is 5.32 Å². The van der Waals surface area contributed by atoms with Gasteiger partial charge in [-0.3, -0.25) is 0 Å². The normalized spacial score (nSPS) is 19.4. The molecule has 1 aromatic rings. The second kappa shape index (κ2) is 9.08. The summed E-state index contributed by atoms with van der Waals surface area (Å²) < 4.78 is 11.4. The van der Waals surface area contributed by atoms with E-state index in [1.54, 1.807) is 0 Å². The first-order valence-electron chi connectivity index (χ1n) is 8.02. The summed E-state index contributed by atoms with van der Waals surface area (Å²) in [5.41, 5.74) is 0. The molecule has 1 fully saturated rings. The fourth-order valence-corrected chi connectivity index (χ4v) is 2.48. The topological polar surface area (TPSA) is 60.2 Å². The summed E-state index contributed by atoms with van der Waals surface area (Å²) in [4.78, 5) is 0. The molecule has 0 aliphatic carbocycles. The van der Waals surface area contributed by atoms with Gasteiger partial charge in [-0.15, -0.1) is 10.2 Å². The lowest BCUT2D eigenvalue weighted by Crippen LogP contribution is -2.19. The van der Waals surface area contributed by atoms with E-state index in [0.717, 1.165) is 57.2 Å². The Kier molecular flexibility index (Phi) is 7.01. The lowest BCUT2D eigenvalue weighted by Gasteiger charge is -2.21. The van der Waals surface area contributed by atoms with Crippen LogP contribution in [0.25, 0.3) is 0 Å². The zero-order chi connectivity index (χ0) is 14.0. The second-order valence-electron chi connectivity index (χ2n) is 5.47. The minimum Gasteiger partial charge on any atom is -0.425 e. The Morgan fingerprint density at radius 2 is 2.00 bits per heavy atom. The van der Waals surface area contributed by atoms with Crippen LogP contribution in [0.1, 0.15) is 57.2 Å². The summed E-state index contributed by atoms with van der Waals surface area (Å²) in [7, 11) is 0. The molecular weight excluding hydrogens is 254 g/mol. The van der Waals surface area contributed by atoms with Crippen molar-refractivity contribution in [1.82, 2.24) is 15.5 Å². The number of nitrogens with zero attached hydrogens (tertiary/aromatic N) is 2. The number of aromatic nitrogens is 2. The molecule has 1 N–H and O–H groups in total. The molecule has 0 amide bonds. The summed E-state index contributed by atoms with van der Waals surface area (Å²) >= 11 is 0. The zero-order valence-corrected chi connectivity index (χ0v) is 12.6. The largest absolute Gasteiger partial charge is 0.425 e. The average molecular weight is 281 g/mol. The van der Waals surface area contributed by atoms with Gasteiger partial charge >= 0.3 is 0 Å². The maximum Gasteiger partial charge on any atom is 0.216 e. The molecule has 1 aliphatic heterocycles. The zero-order valence-electron chi connectivity index (χ0n) is 12.6. The molecule has 1 aromatic heterocycles. The molecule has 1 unspecified atom stereocenters. The van der Waals surface area contributed by atoms with Gasteiger partial charge in [-0.1, -0.05) is 6.92 Å². The van der Waals surface area contributed by atoms with E-state index < -0.39 is 0 Å². The van der Waals surface area contributed by atoms with Crippen LogP contribution in [-0.2, 0) is 17.6 Å². The van der Waals surface area contributed by atoms with Crippen LogP contribution in [0.5, 0.6) is 0 Å². The minimum atomic E-state index is 0.386. The molecule has 114 valence electrons. The van der Waals surface area contributed by atoms with Crippen molar-refractivity contribution >= 4 is 0 Å². The first-order chi connectivity index (χ1) is 9.88. The second-order valence-corrected chi connectivity index (χ2v) is 5.47. The van der Waals surface area contributed by atoms with E-state index in [-0.39, 0.29) is 0 Å². The first kappa shape index (κ1) is 15.4. The number of aryl methyl sites for hydroxylation is 2. The van der Waals surface area contributed by atoms with E-state index >= 15 is 0 Å². The molecule has 0 aromatic carbocycles. The van der Waals surface area contributed by atoms with Gasteiger partial charge in [0.05, 0.1) is 6.10 Å². The molecule has 0 spiro atoms. The van der Waals surface area contributed by atoms with Crippen molar-refractivity contribution in [2.24, 2.45) is 0 Å². The van der Waals surface area contributed by atoms with E-state index in [9.17, 15) is 0 Å². The summed E-state index contributed by atoms with van der Waals surface area (Å²) in [5, 5.41) is 11.6. The van der Waals surface area contributed by atoms with Crippen molar-refractivity contribution in [2.75, 3.05) is 19.7 Å². The van der Waals surface area contributed by atoms with Gasteiger partial charge in [0.1, 0.15) is 0 Å². The van der Waals surface area contributed by atoms with E-state index in [0.29, 0.717) is 6.10 Å². The smallest absolute Gasteiger partial charge is 0.216 e. The molecule has 1 aliphatic rings. The molecule has 0 saturated carbocycles. The predicted molar refractivity (Wildman–Crippen MR) is 77.7 cm³/mol. The summed E-state index contributed by atoms with van der Waals surface area (Å²) in [6.07, 6.45) is 8.97. The van der Waals surface area contributed by atoms with E-state index in [1.165, 1.54) is 25.7 Å². The number of hydrogen-bond donors (Lipinski definition) is 1. The Balaban J connectivity index is 1.61. The fraction of sp³-hybridized carbons (Fsp3) is 0.867. The summed E-state index contributed by atoms with van der Waals surface area (Å²) in [6.45, 7) is 5.18. The first-order valence-corrected chi connectivity index (χ1v) is 8.02. The number of ether oxygens (including phenoxy) is 1. The quantitative estimate of drug-likeness (QED) is 0.705. The van der Waals surface area contributed by atoms with Crippen LogP contribution in [0.2, 0.25) is 0 Å². The molecular formula is C15H27N3O2. The maximum absolute atomic E-state index is 5.71. The van der Waals surface area contributed by atoms with Gasteiger partial charge in [0.2, 0.25) is 11.8 Å². The molecule has 5 heteroatoms. The molecule has 5 nitrogen and oxygen atoms in total. The SMILES string of the molecule is CCCNCCCc1nnc(CCC2CCCCO2)o1. The minimum absolute atomic E-state index is 0.386. The lowest BCUT2D eigenvalue weighted by molar-refractivity contribution is 0.0105. The summed E-state index contributed by atoms with van der Waals surface area (Å²) in [6, 6.07) is 0. The van der Waals surface area contributed by atoms with Gasteiger partial charge in [0, 0.05) is 19.4 Å². The highest BCUT2D eigenvalue weighted by Gasteiger charge is 2.15. The van der Waals surface area contributed by atoms with E-state index in [4.69, 9.17) is 9.15 Å². The van der Waals surface area contributed by atoms with Crippen LogP contribution in [0, 0.1) is 0 Å². The molecule has 0 radical (unpaired) electrons. The van der Waals surface area contributed by atoms with Crippen molar-refractivity contribution in [3.8, 4) is 0 Å². The van der Waals surface area contributed by atoms with E-state index in [2.05, 4.69) is 22.4 Å². The Hall–Kier alpha value is -0.940. The van der Waals surface area contributed by atoms with Gasteiger partial charge in [-0.25, -0.2) is 0 Å². The van der Waals surface area contributed by atoms with Crippen molar-refractivity contribution in [1.29, 1.82) is 0 Å². The molecule has 1 atom stereocenters. The third kappa shape index (κ3) is 5.59. The lowest BCUT2D eigenvalue weighted by atomic mass is 10.0. The fourth-order valence-electron chi connectivity index (χ4n) is 2.48. The highest BCUT2D eigenvalue weighted by atomic mass is 16.5. The standard InChI is InChI=1S/C15H27N3O2/c1-2-10-16-11-5-7-14-17-18-15(20-14)9-8-13-6-3-4-12-19-13/h13,16H,2-12H2,1H3. The van der Waals surface area contributed by atoms with Crippen molar-refractivity contribution < 1.29 is 9.15 Å². The molecule has 0 bridgehead atoms. The highest BCUT2D eigenvalue weighted by molar-refractivity contribution is 4.83. The Morgan fingerprint density at radius 3 is 2.75 bits per heavy atom. The van der Waals surface area contributed by atoms with Gasteiger partial charge in [0.15, 0.2) is 0 Å². The number of nitrogens with one attached hydrogen (secondary N) is 1. The van der Waals surface area contributed by atoms with Gasteiger partial charge in [-0.2, -0.15) is 0 Å². The highest BCUT2D eigenvalue weighted by Crippen LogP contribution is 2.17. The molecule has 20 heavy (non-hydrogen) atoms. The Bertz CT molecular complexity index is 362. The monoisotopic (exact) mass is 281 g/mol.